The summed E-state index contributed by atoms with van der Waals surface area (Å²) < 4.78 is 1.29. The molecule has 1 aromatic heterocycles. The largest absolute Gasteiger partial charge is 0.434 e. The Kier molecular flexibility index (Phi) is 4.66. The fourth-order valence-corrected chi connectivity index (χ4v) is 2.42. The van der Waals surface area contributed by atoms with Crippen molar-refractivity contribution in [2.45, 2.75) is 0 Å². The Hall–Kier alpha value is -1.83. The number of aromatic nitrogens is 2. The lowest BCUT2D eigenvalue weighted by Crippen LogP contribution is -2.02. The Morgan fingerprint density at radius 1 is 1.38 bits per heavy atom. The summed E-state index contributed by atoms with van der Waals surface area (Å²) in [5.41, 5.74) is 3.48. The molecular formula is C11H8Cl3N5O2. The molecule has 2 aromatic rings. The van der Waals surface area contributed by atoms with Gasteiger partial charge in [0.05, 0.1) is 29.0 Å². The quantitative estimate of drug-likeness (QED) is 0.518. The number of hydrazone groups is 1. The zero-order chi connectivity index (χ0) is 15.6. The topological polar surface area (TPSA) is 85.3 Å². The molecule has 21 heavy (non-hydrogen) atoms. The van der Waals surface area contributed by atoms with Crippen molar-refractivity contribution >= 4 is 52.7 Å². The first-order chi connectivity index (χ1) is 9.90. The average molecular weight is 349 g/mol. The first-order valence-corrected chi connectivity index (χ1v) is 6.63. The summed E-state index contributed by atoms with van der Waals surface area (Å²) in [5.74, 6) is -0.279. The van der Waals surface area contributed by atoms with E-state index in [4.69, 9.17) is 34.8 Å². The molecule has 0 unspecified atom stereocenters. The van der Waals surface area contributed by atoms with Gasteiger partial charge in [-0.15, -0.1) is 0 Å². The van der Waals surface area contributed by atoms with Crippen molar-refractivity contribution < 1.29 is 4.92 Å². The van der Waals surface area contributed by atoms with Gasteiger partial charge in [-0.25, -0.2) is 4.57 Å². The number of benzene rings is 1. The van der Waals surface area contributed by atoms with Crippen LogP contribution in [0.1, 0.15) is 5.69 Å². The highest BCUT2D eigenvalue weighted by Crippen LogP contribution is 2.33. The van der Waals surface area contributed by atoms with Crippen molar-refractivity contribution in [1.82, 2.24) is 9.55 Å². The zero-order valence-electron chi connectivity index (χ0n) is 10.5. The van der Waals surface area contributed by atoms with Crippen LogP contribution < -0.4 is 5.43 Å². The Morgan fingerprint density at radius 2 is 2.00 bits per heavy atom. The van der Waals surface area contributed by atoms with Gasteiger partial charge in [0, 0.05) is 5.02 Å². The molecule has 0 atom stereocenters. The second-order valence-electron chi connectivity index (χ2n) is 3.91. The minimum Gasteiger partial charge on any atom is -0.390 e. The van der Waals surface area contributed by atoms with Crippen LogP contribution in [0.15, 0.2) is 23.4 Å². The first kappa shape index (κ1) is 15.6. The molecule has 0 aliphatic carbocycles. The van der Waals surface area contributed by atoms with E-state index >= 15 is 0 Å². The Bertz CT molecular complexity index is 706. The van der Waals surface area contributed by atoms with E-state index in [1.54, 1.807) is 0 Å². The number of hydrogen-bond donors (Lipinski definition) is 1. The zero-order valence-corrected chi connectivity index (χ0v) is 12.8. The van der Waals surface area contributed by atoms with E-state index in [-0.39, 0.29) is 5.95 Å². The van der Waals surface area contributed by atoms with Gasteiger partial charge in [-0.2, -0.15) is 5.10 Å². The molecule has 0 spiro atoms. The lowest BCUT2D eigenvalue weighted by atomic mass is 10.3. The summed E-state index contributed by atoms with van der Waals surface area (Å²) in [5, 5.41) is 15.6. The SMILES string of the molecule is Cn1c(/C=N/Nc2c(Cl)cc(Cl)cc2Cl)cnc1[N+](=O)[O-]. The third kappa shape index (κ3) is 3.44. The molecule has 0 radical (unpaired) electrons. The Balaban J connectivity index is 2.19. The predicted molar refractivity (Wildman–Crippen MR) is 82.6 cm³/mol. The number of nitro groups is 1. The van der Waals surface area contributed by atoms with Gasteiger partial charge >= 0.3 is 5.95 Å². The molecule has 1 N–H and O–H groups in total. The van der Waals surface area contributed by atoms with E-state index in [9.17, 15) is 10.1 Å². The number of imidazole rings is 1. The van der Waals surface area contributed by atoms with Crippen molar-refractivity contribution in [3.8, 4) is 0 Å². The van der Waals surface area contributed by atoms with Crippen molar-refractivity contribution in [3.05, 3.63) is 49.2 Å². The van der Waals surface area contributed by atoms with Crippen LogP contribution in [0.4, 0.5) is 11.6 Å². The van der Waals surface area contributed by atoms with Gasteiger partial charge in [0.25, 0.3) is 0 Å². The third-order valence-electron chi connectivity index (χ3n) is 2.54. The van der Waals surface area contributed by atoms with E-state index in [0.717, 1.165) is 0 Å². The molecule has 7 nitrogen and oxygen atoms in total. The van der Waals surface area contributed by atoms with Crippen LogP contribution in [0.3, 0.4) is 0 Å². The molecule has 1 heterocycles. The summed E-state index contributed by atoms with van der Waals surface area (Å²) >= 11 is 17.8. The number of anilines is 1. The highest BCUT2D eigenvalue weighted by atomic mass is 35.5. The molecule has 0 aliphatic rings. The van der Waals surface area contributed by atoms with Crippen LogP contribution in [-0.4, -0.2) is 20.7 Å². The van der Waals surface area contributed by atoms with Crippen molar-refractivity contribution in [2.24, 2.45) is 12.1 Å². The van der Waals surface area contributed by atoms with Gasteiger partial charge in [0.1, 0.15) is 6.20 Å². The number of halogens is 3. The summed E-state index contributed by atoms with van der Waals surface area (Å²) in [4.78, 5) is 13.7. The Labute approximate surface area is 134 Å². The van der Waals surface area contributed by atoms with E-state index < -0.39 is 4.92 Å². The Morgan fingerprint density at radius 3 is 2.52 bits per heavy atom. The van der Waals surface area contributed by atoms with Gasteiger partial charge in [0.15, 0.2) is 5.69 Å². The fourth-order valence-electron chi connectivity index (χ4n) is 1.51. The van der Waals surface area contributed by atoms with E-state index in [2.05, 4.69) is 15.5 Å². The van der Waals surface area contributed by atoms with Crippen LogP contribution in [0.5, 0.6) is 0 Å². The number of hydrogen-bond acceptors (Lipinski definition) is 5. The molecule has 110 valence electrons. The fraction of sp³-hybridized carbons (Fsp3) is 0.0909. The van der Waals surface area contributed by atoms with Gasteiger partial charge in [-0.1, -0.05) is 39.8 Å². The van der Waals surface area contributed by atoms with Gasteiger partial charge in [-0.05, 0) is 17.1 Å². The molecular weight excluding hydrogens is 341 g/mol. The predicted octanol–water partition coefficient (Wildman–Crippen LogP) is 3.73. The molecule has 0 amide bonds. The van der Waals surface area contributed by atoms with Crippen molar-refractivity contribution in [3.63, 3.8) is 0 Å². The number of nitrogens with one attached hydrogen (secondary N) is 1. The first-order valence-electron chi connectivity index (χ1n) is 5.50. The maximum absolute atomic E-state index is 10.7. The molecule has 0 fully saturated rings. The van der Waals surface area contributed by atoms with Crippen molar-refractivity contribution in [1.29, 1.82) is 0 Å². The van der Waals surface area contributed by atoms with Gasteiger partial charge in [0.2, 0.25) is 0 Å². The second kappa shape index (κ2) is 6.30. The number of rotatable bonds is 4. The van der Waals surface area contributed by atoms with Crippen molar-refractivity contribution in [2.75, 3.05) is 5.43 Å². The molecule has 10 heteroatoms. The summed E-state index contributed by atoms with van der Waals surface area (Å²) in [6, 6.07) is 3.03. The van der Waals surface area contributed by atoms with E-state index in [1.165, 1.54) is 36.2 Å². The van der Waals surface area contributed by atoms with Crippen LogP contribution in [0.25, 0.3) is 0 Å². The summed E-state index contributed by atoms with van der Waals surface area (Å²) in [7, 11) is 1.51. The van der Waals surface area contributed by atoms with Crippen LogP contribution >= 0.6 is 34.8 Å². The average Bonchev–Trinajstić information content (AvgIpc) is 2.74. The third-order valence-corrected chi connectivity index (χ3v) is 3.36. The molecule has 0 saturated heterocycles. The molecule has 0 saturated carbocycles. The standard InChI is InChI=1S/C11H8Cl3N5O2/c1-18-7(4-15-11(18)19(20)21)5-16-17-10-8(13)2-6(12)3-9(10)14/h2-5,17H,1H3/b16-5+. The number of nitrogens with zero attached hydrogens (tertiary/aromatic N) is 4. The maximum Gasteiger partial charge on any atom is 0.434 e. The second-order valence-corrected chi connectivity index (χ2v) is 5.16. The minimum atomic E-state index is -0.586. The highest BCUT2D eigenvalue weighted by molar-refractivity contribution is 6.41. The maximum atomic E-state index is 10.7. The minimum absolute atomic E-state index is 0.279. The monoisotopic (exact) mass is 347 g/mol. The van der Waals surface area contributed by atoms with Gasteiger partial charge in [-0.3, -0.25) is 5.43 Å². The summed E-state index contributed by atoms with van der Waals surface area (Å²) in [6.45, 7) is 0. The van der Waals surface area contributed by atoms with Crippen LogP contribution in [0, 0.1) is 10.1 Å². The molecule has 1 aromatic carbocycles. The van der Waals surface area contributed by atoms with Crippen LogP contribution in [-0.2, 0) is 7.05 Å². The lowest BCUT2D eigenvalue weighted by Gasteiger charge is -2.06. The molecule has 0 aliphatic heterocycles. The summed E-state index contributed by atoms with van der Waals surface area (Å²) in [6.07, 6.45) is 2.69. The lowest BCUT2D eigenvalue weighted by molar-refractivity contribution is -0.396. The van der Waals surface area contributed by atoms with E-state index in [1.807, 2.05) is 0 Å². The van der Waals surface area contributed by atoms with Crippen LogP contribution in [0.2, 0.25) is 15.1 Å². The molecule has 0 bridgehead atoms. The van der Waals surface area contributed by atoms with Gasteiger partial charge < -0.3 is 10.1 Å². The van der Waals surface area contributed by atoms with E-state index in [0.29, 0.717) is 26.4 Å². The smallest absolute Gasteiger partial charge is 0.390 e. The highest BCUT2D eigenvalue weighted by Gasteiger charge is 2.15. The normalized spacial score (nSPS) is 11.0. The molecule has 2 rings (SSSR count).